The van der Waals surface area contributed by atoms with Crippen molar-refractivity contribution in [3.63, 3.8) is 0 Å². The lowest BCUT2D eigenvalue weighted by atomic mass is 9.84. The average molecular weight is 314 g/mol. The zero-order valence-corrected chi connectivity index (χ0v) is 15.0. The van der Waals surface area contributed by atoms with Crippen LogP contribution in [0.1, 0.15) is 53.9 Å². The molecular weight excluding hydrogens is 284 g/mol. The summed E-state index contributed by atoms with van der Waals surface area (Å²) in [4.78, 5) is 27.7. The van der Waals surface area contributed by atoms with E-state index >= 15 is 0 Å². The average Bonchev–Trinajstić information content (AvgIpc) is 2.46. The van der Waals surface area contributed by atoms with Gasteiger partial charge in [0, 0.05) is 11.8 Å². The number of nitrogens with one attached hydrogen (secondary N) is 1. The molecule has 0 spiro atoms. The van der Waals surface area contributed by atoms with E-state index in [1.54, 1.807) is 11.8 Å². The van der Waals surface area contributed by atoms with E-state index in [0.29, 0.717) is 12.8 Å². The van der Waals surface area contributed by atoms with Crippen LogP contribution in [-0.4, -0.2) is 46.3 Å². The zero-order chi connectivity index (χ0) is 16.2. The Labute approximate surface area is 133 Å². The summed E-state index contributed by atoms with van der Waals surface area (Å²) in [5.41, 5.74) is -0.714. The Morgan fingerprint density at radius 3 is 2.19 bits per heavy atom. The highest BCUT2D eigenvalue weighted by Crippen LogP contribution is 2.31. The molecule has 0 radical (unpaired) electrons. The molecule has 0 bridgehead atoms. The smallest absolute Gasteiger partial charge is 0.249 e. The van der Waals surface area contributed by atoms with Crippen LogP contribution < -0.4 is 5.32 Å². The third kappa shape index (κ3) is 3.38. The van der Waals surface area contributed by atoms with Crippen LogP contribution in [0.25, 0.3) is 0 Å². The number of piperazine rings is 1. The predicted octanol–water partition coefficient (Wildman–Crippen LogP) is 2.67. The Morgan fingerprint density at radius 1 is 1.24 bits per heavy atom. The fourth-order valence-corrected chi connectivity index (χ4v) is 3.98. The molecule has 1 aliphatic rings. The number of hydrogen-bond acceptors (Lipinski definition) is 3. The summed E-state index contributed by atoms with van der Waals surface area (Å²) in [6.45, 7) is 10.1. The van der Waals surface area contributed by atoms with Gasteiger partial charge in [0.1, 0.15) is 11.6 Å². The van der Waals surface area contributed by atoms with Gasteiger partial charge in [-0.2, -0.15) is 11.8 Å². The van der Waals surface area contributed by atoms with Crippen molar-refractivity contribution in [2.45, 2.75) is 71.5 Å². The van der Waals surface area contributed by atoms with Crippen molar-refractivity contribution < 1.29 is 9.59 Å². The molecular formula is C16H30N2O2S. The summed E-state index contributed by atoms with van der Waals surface area (Å²) in [7, 11) is 0. The minimum Gasteiger partial charge on any atom is -0.340 e. The highest BCUT2D eigenvalue weighted by Gasteiger charge is 2.51. The van der Waals surface area contributed by atoms with Crippen molar-refractivity contribution in [1.82, 2.24) is 10.2 Å². The monoisotopic (exact) mass is 314 g/mol. The van der Waals surface area contributed by atoms with E-state index in [9.17, 15) is 9.59 Å². The molecule has 2 atom stereocenters. The van der Waals surface area contributed by atoms with Gasteiger partial charge < -0.3 is 10.2 Å². The number of carbonyl (C=O) groups is 2. The van der Waals surface area contributed by atoms with Gasteiger partial charge in [0.15, 0.2) is 0 Å². The quantitative estimate of drug-likeness (QED) is 0.786. The van der Waals surface area contributed by atoms with E-state index in [-0.39, 0.29) is 29.8 Å². The van der Waals surface area contributed by atoms with E-state index in [1.807, 2.05) is 32.6 Å². The van der Waals surface area contributed by atoms with Crippen molar-refractivity contribution in [1.29, 1.82) is 0 Å². The second-order valence-corrected chi connectivity index (χ2v) is 7.11. The molecule has 1 saturated heterocycles. The summed E-state index contributed by atoms with van der Waals surface area (Å²) in [6, 6.07) is -0.218. The Balaban J connectivity index is 3.26. The Kier molecular flexibility index (Phi) is 6.57. The maximum absolute atomic E-state index is 13.1. The van der Waals surface area contributed by atoms with Gasteiger partial charge in [0.25, 0.3) is 0 Å². The normalized spacial score (nSPS) is 23.4. The molecule has 21 heavy (non-hydrogen) atoms. The SMILES string of the molecule is CCC(CSC)N1C(=O)C(CC)(CC)NC(=O)C1C(C)C. The van der Waals surface area contributed by atoms with Gasteiger partial charge in [-0.3, -0.25) is 9.59 Å². The first-order valence-corrected chi connectivity index (χ1v) is 9.41. The highest BCUT2D eigenvalue weighted by atomic mass is 32.2. The second kappa shape index (κ2) is 7.52. The molecule has 1 heterocycles. The van der Waals surface area contributed by atoms with E-state index in [4.69, 9.17) is 0 Å². The number of nitrogens with zero attached hydrogens (tertiary/aromatic N) is 1. The molecule has 122 valence electrons. The fraction of sp³-hybridized carbons (Fsp3) is 0.875. The lowest BCUT2D eigenvalue weighted by Crippen LogP contribution is -2.73. The van der Waals surface area contributed by atoms with Crippen LogP contribution in [0.15, 0.2) is 0 Å². The molecule has 0 aliphatic carbocycles. The topological polar surface area (TPSA) is 49.4 Å². The van der Waals surface area contributed by atoms with Crippen LogP contribution in [0.3, 0.4) is 0 Å². The van der Waals surface area contributed by atoms with Crippen LogP contribution in [-0.2, 0) is 9.59 Å². The fourth-order valence-electron chi connectivity index (χ4n) is 3.20. The van der Waals surface area contributed by atoms with Crippen LogP contribution in [0, 0.1) is 5.92 Å². The van der Waals surface area contributed by atoms with E-state index in [2.05, 4.69) is 18.5 Å². The number of carbonyl (C=O) groups excluding carboxylic acids is 2. The number of rotatable bonds is 7. The molecule has 1 fully saturated rings. The van der Waals surface area contributed by atoms with Gasteiger partial charge in [0.05, 0.1) is 0 Å². The Hall–Kier alpha value is -0.710. The van der Waals surface area contributed by atoms with Crippen molar-refractivity contribution in [2.75, 3.05) is 12.0 Å². The summed E-state index contributed by atoms with van der Waals surface area (Å²) >= 11 is 1.73. The molecule has 0 saturated carbocycles. The van der Waals surface area contributed by atoms with Gasteiger partial charge in [-0.15, -0.1) is 0 Å². The molecule has 0 aromatic rings. The standard InChI is InChI=1S/C16H30N2O2S/c1-7-12(10-21-6)18-13(11(4)5)14(19)17-16(8-2,9-3)15(18)20/h11-13H,7-10H2,1-6H3,(H,17,19). The van der Waals surface area contributed by atoms with Crippen LogP contribution in [0.4, 0.5) is 0 Å². The third-order valence-electron chi connectivity index (χ3n) is 4.64. The second-order valence-electron chi connectivity index (χ2n) is 6.20. The first kappa shape index (κ1) is 18.3. The van der Waals surface area contributed by atoms with E-state index in [0.717, 1.165) is 12.2 Å². The highest BCUT2D eigenvalue weighted by molar-refractivity contribution is 7.98. The summed E-state index contributed by atoms with van der Waals surface area (Å²) < 4.78 is 0. The third-order valence-corrected chi connectivity index (χ3v) is 5.36. The van der Waals surface area contributed by atoms with Crippen LogP contribution in [0.5, 0.6) is 0 Å². The van der Waals surface area contributed by atoms with Crippen LogP contribution >= 0.6 is 11.8 Å². The Morgan fingerprint density at radius 2 is 1.81 bits per heavy atom. The van der Waals surface area contributed by atoms with Crippen molar-refractivity contribution in [3.05, 3.63) is 0 Å². The van der Waals surface area contributed by atoms with E-state index in [1.165, 1.54) is 0 Å². The molecule has 0 aromatic carbocycles. The molecule has 1 N–H and O–H groups in total. The number of hydrogen-bond donors (Lipinski definition) is 1. The molecule has 2 unspecified atom stereocenters. The van der Waals surface area contributed by atoms with Gasteiger partial charge in [-0.1, -0.05) is 34.6 Å². The van der Waals surface area contributed by atoms with Gasteiger partial charge in [-0.25, -0.2) is 0 Å². The predicted molar refractivity (Wildman–Crippen MR) is 89.4 cm³/mol. The van der Waals surface area contributed by atoms with Crippen molar-refractivity contribution >= 4 is 23.6 Å². The van der Waals surface area contributed by atoms with E-state index < -0.39 is 5.54 Å². The van der Waals surface area contributed by atoms with Gasteiger partial charge in [-0.05, 0) is 31.4 Å². The number of thioether (sulfide) groups is 1. The molecule has 5 heteroatoms. The first-order chi connectivity index (χ1) is 9.88. The molecule has 0 aromatic heterocycles. The molecule has 1 aliphatic heterocycles. The first-order valence-electron chi connectivity index (χ1n) is 8.02. The maximum Gasteiger partial charge on any atom is 0.249 e. The maximum atomic E-state index is 13.1. The largest absolute Gasteiger partial charge is 0.340 e. The lowest BCUT2D eigenvalue weighted by Gasteiger charge is -2.49. The number of amides is 2. The minimum atomic E-state index is -0.714. The van der Waals surface area contributed by atoms with Gasteiger partial charge >= 0.3 is 0 Å². The minimum absolute atomic E-state index is 0.00727. The molecule has 1 rings (SSSR count). The van der Waals surface area contributed by atoms with Crippen molar-refractivity contribution in [3.8, 4) is 0 Å². The van der Waals surface area contributed by atoms with Crippen molar-refractivity contribution in [2.24, 2.45) is 5.92 Å². The summed E-state index contributed by atoms with van der Waals surface area (Å²) in [5, 5.41) is 3.02. The molecule has 4 nitrogen and oxygen atoms in total. The molecule has 2 amide bonds. The van der Waals surface area contributed by atoms with Gasteiger partial charge in [0.2, 0.25) is 11.8 Å². The lowest BCUT2D eigenvalue weighted by molar-refractivity contribution is -0.160. The zero-order valence-electron chi connectivity index (χ0n) is 14.2. The Bertz CT molecular complexity index is 380. The summed E-state index contributed by atoms with van der Waals surface area (Å²) in [5.74, 6) is 1.11. The summed E-state index contributed by atoms with van der Waals surface area (Å²) in [6.07, 6.45) is 4.22. The van der Waals surface area contributed by atoms with Crippen LogP contribution in [0.2, 0.25) is 0 Å².